The summed E-state index contributed by atoms with van der Waals surface area (Å²) in [5, 5.41) is 3.35. The number of carbonyl (C=O) groups is 1. The van der Waals surface area contributed by atoms with Crippen molar-refractivity contribution in [2.24, 2.45) is 11.7 Å². The lowest BCUT2D eigenvalue weighted by atomic mass is 9.94. The maximum absolute atomic E-state index is 11.8. The Morgan fingerprint density at radius 1 is 1.17 bits per heavy atom. The van der Waals surface area contributed by atoms with Crippen LogP contribution in [0.25, 0.3) is 0 Å². The molecule has 0 unspecified atom stereocenters. The topological polar surface area (TPSA) is 97.0 Å². The van der Waals surface area contributed by atoms with Gasteiger partial charge in [0, 0.05) is 26.1 Å². The molecule has 2 atom stereocenters. The summed E-state index contributed by atoms with van der Waals surface area (Å²) in [4.78, 5) is 27.1. The van der Waals surface area contributed by atoms with Crippen molar-refractivity contribution in [1.29, 1.82) is 0 Å². The Hall–Kier alpha value is -1.92. The highest BCUT2D eigenvalue weighted by atomic mass is 16.1. The summed E-state index contributed by atoms with van der Waals surface area (Å²) in [6.45, 7) is 4.10. The van der Waals surface area contributed by atoms with E-state index in [9.17, 15) is 4.79 Å². The van der Waals surface area contributed by atoms with E-state index < -0.39 is 0 Å². The van der Waals surface area contributed by atoms with Crippen LogP contribution in [0.3, 0.4) is 0 Å². The van der Waals surface area contributed by atoms with E-state index in [0.717, 1.165) is 37.9 Å². The second-order valence-corrected chi connectivity index (χ2v) is 6.76. The van der Waals surface area contributed by atoms with Crippen molar-refractivity contribution in [3.63, 3.8) is 0 Å². The first-order valence-electron chi connectivity index (χ1n) is 8.37. The molecule has 23 heavy (non-hydrogen) atoms. The molecule has 1 heterocycles. The summed E-state index contributed by atoms with van der Waals surface area (Å²) in [5.74, 6) is 1.70. The third-order valence-electron chi connectivity index (χ3n) is 4.25. The number of nitrogens with two attached hydrogens (primary N) is 1. The van der Waals surface area contributed by atoms with Crippen LogP contribution < -0.4 is 16.0 Å². The number of rotatable bonds is 5. The second kappa shape index (κ2) is 7.57. The van der Waals surface area contributed by atoms with Gasteiger partial charge in [0.2, 0.25) is 17.8 Å². The summed E-state index contributed by atoms with van der Waals surface area (Å²) in [6.07, 6.45) is 5.01. The Morgan fingerprint density at radius 3 is 2.48 bits per heavy atom. The van der Waals surface area contributed by atoms with Gasteiger partial charge in [-0.3, -0.25) is 4.79 Å². The number of nitrogens with zero attached hydrogens (tertiary/aromatic N) is 4. The van der Waals surface area contributed by atoms with E-state index in [1.165, 1.54) is 0 Å². The number of carbonyl (C=O) groups excluding carboxylic acids is 1. The molecule has 0 radical (unpaired) electrons. The lowest BCUT2D eigenvalue weighted by molar-refractivity contribution is -0.122. The van der Waals surface area contributed by atoms with Gasteiger partial charge in [0.15, 0.2) is 0 Å². The van der Waals surface area contributed by atoms with E-state index in [2.05, 4.69) is 34.1 Å². The maximum atomic E-state index is 11.8. The van der Waals surface area contributed by atoms with Crippen LogP contribution in [-0.2, 0) is 4.79 Å². The molecule has 1 aromatic rings. The fourth-order valence-corrected chi connectivity index (χ4v) is 2.89. The zero-order valence-corrected chi connectivity index (χ0v) is 14.5. The van der Waals surface area contributed by atoms with Crippen molar-refractivity contribution < 1.29 is 4.79 Å². The van der Waals surface area contributed by atoms with Crippen LogP contribution in [0.15, 0.2) is 0 Å². The average molecular weight is 320 g/mol. The van der Waals surface area contributed by atoms with Gasteiger partial charge >= 0.3 is 0 Å². The minimum atomic E-state index is -0.240. The third-order valence-corrected chi connectivity index (χ3v) is 4.25. The van der Waals surface area contributed by atoms with Crippen LogP contribution in [0.5, 0.6) is 0 Å². The minimum absolute atomic E-state index is 0.00701. The van der Waals surface area contributed by atoms with Gasteiger partial charge in [-0.2, -0.15) is 15.0 Å². The third kappa shape index (κ3) is 4.53. The molecule has 128 valence electrons. The molecule has 0 aromatic carbocycles. The van der Waals surface area contributed by atoms with Gasteiger partial charge in [0.25, 0.3) is 0 Å². The highest BCUT2D eigenvalue weighted by Crippen LogP contribution is 2.26. The van der Waals surface area contributed by atoms with Crippen molar-refractivity contribution in [3.05, 3.63) is 5.82 Å². The molecule has 2 rings (SSSR count). The van der Waals surface area contributed by atoms with E-state index in [1.807, 2.05) is 19.0 Å². The van der Waals surface area contributed by atoms with Crippen LogP contribution in [-0.4, -0.2) is 41.0 Å². The molecule has 1 aliphatic rings. The van der Waals surface area contributed by atoms with Gasteiger partial charge in [0.05, 0.1) is 5.92 Å². The zero-order chi connectivity index (χ0) is 17.0. The van der Waals surface area contributed by atoms with Gasteiger partial charge < -0.3 is 16.0 Å². The number of aromatic nitrogens is 3. The smallest absolute Gasteiger partial charge is 0.229 e. The Morgan fingerprint density at radius 2 is 1.87 bits per heavy atom. The highest BCUT2D eigenvalue weighted by Gasteiger charge is 2.29. The Kier molecular flexibility index (Phi) is 5.74. The SMILES string of the molecule is CC(C)c1nc(N[C@H]2CCCCC[C@H]2C(N)=O)nc(N(C)C)n1. The fraction of sp³-hybridized carbons (Fsp3) is 0.750. The van der Waals surface area contributed by atoms with Crippen LogP contribution >= 0.6 is 0 Å². The normalized spacial score (nSPS) is 21.8. The van der Waals surface area contributed by atoms with E-state index >= 15 is 0 Å². The van der Waals surface area contributed by atoms with Crippen LogP contribution in [0.2, 0.25) is 0 Å². The molecule has 7 heteroatoms. The molecule has 1 aromatic heterocycles. The van der Waals surface area contributed by atoms with Crippen molar-refractivity contribution in [3.8, 4) is 0 Å². The summed E-state index contributed by atoms with van der Waals surface area (Å²) >= 11 is 0. The molecule has 7 nitrogen and oxygen atoms in total. The molecule has 1 aliphatic carbocycles. The molecular weight excluding hydrogens is 292 g/mol. The number of primary amides is 1. The van der Waals surface area contributed by atoms with E-state index in [1.54, 1.807) is 0 Å². The number of nitrogens with one attached hydrogen (secondary N) is 1. The highest BCUT2D eigenvalue weighted by molar-refractivity contribution is 5.77. The standard InChI is InChI=1S/C16H28N6O/c1-10(2)14-19-15(21-16(20-14)22(3)4)18-12-9-7-5-6-8-11(12)13(17)23/h10-12H,5-9H2,1-4H3,(H2,17,23)(H,18,19,20,21)/t11-,12+/m1/s1. The van der Waals surface area contributed by atoms with E-state index in [-0.39, 0.29) is 23.8 Å². The lowest BCUT2D eigenvalue weighted by Gasteiger charge is -2.24. The summed E-state index contributed by atoms with van der Waals surface area (Å²) in [6, 6.07) is -0.00701. The average Bonchev–Trinajstić information content (AvgIpc) is 2.72. The number of hydrogen-bond donors (Lipinski definition) is 2. The zero-order valence-electron chi connectivity index (χ0n) is 14.5. The Labute approximate surface area is 138 Å². The first-order valence-corrected chi connectivity index (χ1v) is 8.37. The first kappa shape index (κ1) is 17.4. The predicted molar refractivity (Wildman–Crippen MR) is 91.4 cm³/mol. The van der Waals surface area contributed by atoms with Gasteiger partial charge in [-0.1, -0.05) is 33.1 Å². The molecule has 0 bridgehead atoms. The predicted octanol–water partition coefficient (Wildman–Crippen LogP) is 1.91. The molecule has 1 fully saturated rings. The first-order chi connectivity index (χ1) is 10.9. The number of hydrogen-bond acceptors (Lipinski definition) is 6. The van der Waals surface area contributed by atoms with Gasteiger partial charge in [-0.25, -0.2) is 0 Å². The van der Waals surface area contributed by atoms with Gasteiger partial charge in [-0.15, -0.1) is 0 Å². The van der Waals surface area contributed by atoms with Crippen molar-refractivity contribution >= 4 is 17.8 Å². The van der Waals surface area contributed by atoms with Crippen LogP contribution in [0, 0.1) is 5.92 Å². The minimum Gasteiger partial charge on any atom is -0.369 e. The van der Waals surface area contributed by atoms with E-state index in [0.29, 0.717) is 11.9 Å². The van der Waals surface area contributed by atoms with Crippen molar-refractivity contribution in [2.45, 2.75) is 57.9 Å². The van der Waals surface area contributed by atoms with Crippen LogP contribution in [0.4, 0.5) is 11.9 Å². The van der Waals surface area contributed by atoms with Crippen molar-refractivity contribution in [2.75, 3.05) is 24.3 Å². The van der Waals surface area contributed by atoms with Gasteiger partial charge in [-0.05, 0) is 12.8 Å². The molecule has 3 N–H and O–H groups in total. The molecule has 0 aliphatic heterocycles. The summed E-state index contributed by atoms with van der Waals surface area (Å²) in [5.41, 5.74) is 5.60. The lowest BCUT2D eigenvalue weighted by Crippen LogP contribution is -2.38. The molecule has 0 spiro atoms. The summed E-state index contributed by atoms with van der Waals surface area (Å²) in [7, 11) is 3.81. The van der Waals surface area contributed by atoms with E-state index in [4.69, 9.17) is 5.73 Å². The van der Waals surface area contributed by atoms with Gasteiger partial charge in [0.1, 0.15) is 5.82 Å². The summed E-state index contributed by atoms with van der Waals surface area (Å²) < 4.78 is 0. The Bertz CT molecular complexity index is 519. The molecule has 1 amide bonds. The maximum Gasteiger partial charge on any atom is 0.229 e. The molecule has 1 saturated carbocycles. The second-order valence-electron chi connectivity index (χ2n) is 6.76. The Balaban J connectivity index is 2.27. The van der Waals surface area contributed by atoms with Crippen molar-refractivity contribution in [1.82, 2.24) is 15.0 Å². The molecule has 0 saturated heterocycles. The fourth-order valence-electron chi connectivity index (χ4n) is 2.89. The molecular formula is C16H28N6O. The number of anilines is 2. The van der Waals surface area contributed by atoms with Crippen LogP contribution in [0.1, 0.15) is 57.7 Å². The monoisotopic (exact) mass is 320 g/mol. The quantitative estimate of drug-likeness (QED) is 0.804. The number of amides is 1. The largest absolute Gasteiger partial charge is 0.369 e.